The van der Waals surface area contributed by atoms with E-state index in [1.165, 1.54) is 0 Å². The van der Waals surface area contributed by atoms with Gasteiger partial charge in [-0.3, -0.25) is 4.79 Å². The molecule has 4 rings (SSSR count). The number of nitrogens with one attached hydrogen (secondary N) is 1. The monoisotopic (exact) mass is 409 g/mol. The van der Waals surface area contributed by atoms with Gasteiger partial charge in [0.15, 0.2) is 0 Å². The van der Waals surface area contributed by atoms with Gasteiger partial charge in [0.05, 0.1) is 33.9 Å². The maximum absolute atomic E-state index is 12.7. The van der Waals surface area contributed by atoms with Crippen LogP contribution in [0.25, 0.3) is 16.7 Å². The third-order valence-electron chi connectivity index (χ3n) is 4.10. The molecule has 6 nitrogen and oxygen atoms in total. The lowest BCUT2D eigenvalue weighted by molar-refractivity contribution is 0.0782. The van der Waals surface area contributed by atoms with Crippen LogP contribution in [0.2, 0.25) is 0 Å². The van der Waals surface area contributed by atoms with Gasteiger partial charge in [-0.1, -0.05) is 12.1 Å². The molecule has 26 heavy (non-hydrogen) atoms. The van der Waals surface area contributed by atoms with E-state index in [1.54, 1.807) is 22.8 Å². The molecule has 0 bridgehead atoms. The third-order valence-corrected chi connectivity index (χ3v) is 4.51. The van der Waals surface area contributed by atoms with Gasteiger partial charge in [0.1, 0.15) is 5.82 Å². The van der Waals surface area contributed by atoms with Crippen molar-refractivity contribution in [2.75, 3.05) is 7.05 Å². The highest BCUT2D eigenvalue weighted by Gasteiger charge is 2.14. The molecule has 2 aromatic heterocycles. The first-order chi connectivity index (χ1) is 12.6. The fraction of sp³-hybridized carbons (Fsp3) is 0.105. The fourth-order valence-corrected chi connectivity index (χ4v) is 3.08. The molecule has 0 fully saturated rings. The van der Waals surface area contributed by atoms with Crippen molar-refractivity contribution in [1.82, 2.24) is 24.6 Å². The van der Waals surface area contributed by atoms with Gasteiger partial charge in [-0.05, 0) is 52.3 Å². The lowest BCUT2D eigenvalue weighted by Gasteiger charge is -2.16. The molecule has 2 heterocycles. The number of aromatic nitrogens is 4. The smallest absolute Gasteiger partial charge is 0.254 e. The van der Waals surface area contributed by atoms with Crippen LogP contribution in [-0.4, -0.2) is 37.6 Å². The molecular weight excluding hydrogens is 394 g/mol. The maximum atomic E-state index is 12.7. The molecule has 0 radical (unpaired) electrons. The minimum absolute atomic E-state index is 0.0568. The highest BCUT2D eigenvalue weighted by molar-refractivity contribution is 9.10. The number of hydrogen-bond acceptors (Lipinski definition) is 3. The zero-order valence-corrected chi connectivity index (χ0v) is 15.6. The van der Waals surface area contributed by atoms with E-state index >= 15 is 0 Å². The summed E-state index contributed by atoms with van der Waals surface area (Å²) in [6.07, 6.45) is 3.59. The van der Waals surface area contributed by atoms with E-state index in [0.29, 0.717) is 12.1 Å². The van der Waals surface area contributed by atoms with Gasteiger partial charge in [-0.15, -0.1) is 0 Å². The van der Waals surface area contributed by atoms with Crippen molar-refractivity contribution in [2.45, 2.75) is 6.54 Å². The van der Waals surface area contributed by atoms with Crippen LogP contribution in [0.1, 0.15) is 16.2 Å². The Morgan fingerprint density at radius 2 is 1.96 bits per heavy atom. The summed E-state index contributed by atoms with van der Waals surface area (Å²) < 4.78 is 2.65. The first-order valence-electron chi connectivity index (χ1n) is 8.10. The topological polar surface area (TPSA) is 66.8 Å². The van der Waals surface area contributed by atoms with Crippen LogP contribution < -0.4 is 0 Å². The van der Waals surface area contributed by atoms with Gasteiger partial charge in [-0.2, -0.15) is 5.10 Å². The van der Waals surface area contributed by atoms with Crippen molar-refractivity contribution in [2.24, 2.45) is 0 Å². The summed E-state index contributed by atoms with van der Waals surface area (Å²) >= 11 is 3.38. The molecule has 1 N–H and O–H groups in total. The Balaban J connectivity index is 1.49. The van der Waals surface area contributed by atoms with Gasteiger partial charge >= 0.3 is 0 Å². The van der Waals surface area contributed by atoms with Gasteiger partial charge in [0, 0.05) is 18.8 Å². The quantitative estimate of drug-likeness (QED) is 0.557. The first kappa shape index (κ1) is 16.5. The van der Waals surface area contributed by atoms with Gasteiger partial charge in [-0.25, -0.2) is 9.67 Å². The molecule has 0 atom stereocenters. The zero-order chi connectivity index (χ0) is 18.1. The molecule has 2 aromatic carbocycles. The van der Waals surface area contributed by atoms with Crippen molar-refractivity contribution in [3.05, 3.63) is 76.8 Å². The molecule has 0 saturated heterocycles. The summed E-state index contributed by atoms with van der Waals surface area (Å²) in [5.74, 6) is 0.707. The average Bonchev–Trinajstić information content (AvgIpc) is 3.26. The highest BCUT2D eigenvalue weighted by Crippen LogP contribution is 2.15. The van der Waals surface area contributed by atoms with Gasteiger partial charge < -0.3 is 9.88 Å². The SMILES string of the molecule is CN(Cc1nc2ccccc2[nH]1)C(=O)c1ccc(-n2cc(Br)cn2)cc1. The number of halogens is 1. The predicted molar refractivity (Wildman–Crippen MR) is 103 cm³/mol. The second kappa shape index (κ2) is 6.76. The molecule has 0 saturated carbocycles. The van der Waals surface area contributed by atoms with Crippen LogP contribution in [0.4, 0.5) is 0 Å². The summed E-state index contributed by atoms with van der Waals surface area (Å²) in [5, 5.41) is 4.23. The molecule has 7 heteroatoms. The number of amides is 1. The number of H-pyrrole nitrogens is 1. The van der Waals surface area contributed by atoms with Crippen LogP contribution >= 0.6 is 15.9 Å². The molecule has 0 aliphatic carbocycles. The van der Waals surface area contributed by atoms with Crippen molar-refractivity contribution in [3.8, 4) is 5.69 Å². The molecular formula is C19H16BrN5O. The van der Waals surface area contributed by atoms with Crippen LogP contribution in [0.15, 0.2) is 65.4 Å². The standard InChI is InChI=1S/C19H16BrN5O/c1-24(12-18-22-16-4-2-3-5-17(16)23-18)19(26)13-6-8-15(9-7-13)25-11-14(20)10-21-25/h2-11H,12H2,1H3,(H,22,23). The number of para-hydroxylation sites is 2. The van der Waals surface area contributed by atoms with Crippen molar-refractivity contribution in [1.29, 1.82) is 0 Å². The summed E-state index contributed by atoms with van der Waals surface area (Å²) in [6, 6.07) is 15.2. The van der Waals surface area contributed by atoms with Crippen molar-refractivity contribution < 1.29 is 4.79 Å². The first-order valence-corrected chi connectivity index (χ1v) is 8.89. The Bertz CT molecular complexity index is 1030. The molecule has 0 spiro atoms. The minimum Gasteiger partial charge on any atom is -0.340 e. The second-order valence-corrected chi connectivity index (χ2v) is 6.93. The molecule has 0 unspecified atom stereocenters. The van der Waals surface area contributed by atoms with Crippen LogP contribution in [0.3, 0.4) is 0 Å². The van der Waals surface area contributed by atoms with E-state index in [-0.39, 0.29) is 5.91 Å². The number of aromatic amines is 1. The van der Waals surface area contributed by atoms with Crippen molar-refractivity contribution in [3.63, 3.8) is 0 Å². The summed E-state index contributed by atoms with van der Waals surface area (Å²) in [6.45, 7) is 0.418. The average molecular weight is 410 g/mol. The van der Waals surface area contributed by atoms with E-state index in [0.717, 1.165) is 27.0 Å². The minimum atomic E-state index is -0.0568. The predicted octanol–water partition coefficient (Wildman–Crippen LogP) is 3.78. The number of nitrogens with zero attached hydrogens (tertiary/aromatic N) is 4. The zero-order valence-electron chi connectivity index (χ0n) is 14.1. The summed E-state index contributed by atoms with van der Waals surface area (Å²) in [4.78, 5) is 22.1. The molecule has 0 aliphatic rings. The van der Waals surface area contributed by atoms with Crippen molar-refractivity contribution >= 4 is 32.9 Å². The number of fused-ring (bicyclic) bond motifs is 1. The number of carbonyl (C=O) groups is 1. The highest BCUT2D eigenvalue weighted by atomic mass is 79.9. The number of hydrogen-bond donors (Lipinski definition) is 1. The lowest BCUT2D eigenvalue weighted by atomic mass is 10.2. The summed E-state index contributed by atoms with van der Waals surface area (Å²) in [7, 11) is 1.77. The Hall–Kier alpha value is -2.93. The summed E-state index contributed by atoms with van der Waals surface area (Å²) in [5.41, 5.74) is 3.39. The molecule has 1 amide bonds. The van der Waals surface area contributed by atoms with Gasteiger partial charge in [0.2, 0.25) is 0 Å². The van der Waals surface area contributed by atoms with E-state index in [2.05, 4.69) is 31.0 Å². The fourth-order valence-electron chi connectivity index (χ4n) is 2.80. The lowest BCUT2D eigenvalue weighted by Crippen LogP contribution is -2.26. The molecule has 4 aromatic rings. The Labute approximate surface area is 158 Å². The molecule has 130 valence electrons. The van der Waals surface area contributed by atoms with E-state index in [9.17, 15) is 4.79 Å². The van der Waals surface area contributed by atoms with Crippen LogP contribution in [0, 0.1) is 0 Å². The maximum Gasteiger partial charge on any atom is 0.254 e. The Morgan fingerprint density at radius 1 is 1.19 bits per heavy atom. The van der Waals surface area contributed by atoms with Gasteiger partial charge in [0.25, 0.3) is 5.91 Å². The molecule has 0 aliphatic heterocycles. The van der Waals surface area contributed by atoms with Crippen LogP contribution in [0.5, 0.6) is 0 Å². The van der Waals surface area contributed by atoms with E-state index < -0.39 is 0 Å². The largest absolute Gasteiger partial charge is 0.340 e. The number of imidazole rings is 1. The van der Waals surface area contributed by atoms with E-state index in [4.69, 9.17) is 0 Å². The number of rotatable bonds is 4. The normalized spacial score (nSPS) is 11.0. The Morgan fingerprint density at radius 3 is 2.65 bits per heavy atom. The number of carbonyl (C=O) groups excluding carboxylic acids is 1. The number of benzene rings is 2. The van der Waals surface area contributed by atoms with Crippen LogP contribution in [-0.2, 0) is 6.54 Å². The Kier molecular flexibility index (Phi) is 4.30. The second-order valence-electron chi connectivity index (χ2n) is 6.01. The van der Waals surface area contributed by atoms with E-state index in [1.807, 2.05) is 54.7 Å². The third kappa shape index (κ3) is 3.25.